The number of rotatable bonds is 3. The van der Waals surface area contributed by atoms with E-state index in [-0.39, 0.29) is 0 Å². The summed E-state index contributed by atoms with van der Waals surface area (Å²) in [5, 5.41) is 8.12. The lowest BCUT2D eigenvalue weighted by molar-refractivity contribution is 1.31. The minimum absolute atomic E-state index is 0.910. The largest absolute Gasteiger partial charge is 0.276 e. The summed E-state index contributed by atoms with van der Waals surface area (Å²) in [5.74, 6) is 0. The van der Waals surface area contributed by atoms with Crippen LogP contribution >= 0.6 is 0 Å². The van der Waals surface area contributed by atoms with Gasteiger partial charge in [0, 0.05) is 17.1 Å². The zero-order chi connectivity index (χ0) is 16.4. The standard InChI is InChI=1S/C21H17N3/c1-15(18-12-4-8-16-7-2-3-11-19(16)18)23-24-20-13-5-9-17-10-6-14-22-21(17)20/h2-14,24H,1H3. The van der Waals surface area contributed by atoms with E-state index in [9.17, 15) is 0 Å². The molecule has 0 amide bonds. The number of hydrazone groups is 1. The summed E-state index contributed by atoms with van der Waals surface area (Å²) in [6.45, 7) is 2.02. The Bertz CT molecular complexity index is 1040. The van der Waals surface area contributed by atoms with Crippen LogP contribution in [-0.2, 0) is 0 Å². The highest BCUT2D eigenvalue weighted by molar-refractivity contribution is 6.10. The summed E-state index contributed by atoms with van der Waals surface area (Å²) >= 11 is 0. The molecular formula is C21H17N3. The smallest absolute Gasteiger partial charge is 0.0951 e. The van der Waals surface area contributed by atoms with Crippen LogP contribution in [0.2, 0.25) is 0 Å². The van der Waals surface area contributed by atoms with E-state index < -0.39 is 0 Å². The zero-order valence-electron chi connectivity index (χ0n) is 13.4. The highest BCUT2D eigenvalue weighted by Crippen LogP contribution is 2.22. The Morgan fingerprint density at radius 1 is 0.833 bits per heavy atom. The number of hydrogen-bond acceptors (Lipinski definition) is 3. The van der Waals surface area contributed by atoms with Crippen molar-refractivity contribution in [2.45, 2.75) is 6.92 Å². The van der Waals surface area contributed by atoms with Crippen molar-refractivity contribution in [3.8, 4) is 0 Å². The highest BCUT2D eigenvalue weighted by atomic mass is 15.3. The fraction of sp³-hybridized carbons (Fsp3) is 0.0476. The summed E-state index contributed by atoms with van der Waals surface area (Å²) in [5.41, 5.74) is 7.09. The molecule has 3 aromatic carbocycles. The Morgan fingerprint density at radius 2 is 1.58 bits per heavy atom. The van der Waals surface area contributed by atoms with Crippen molar-refractivity contribution in [2.24, 2.45) is 5.10 Å². The maximum atomic E-state index is 4.59. The second-order valence-corrected chi connectivity index (χ2v) is 5.72. The molecule has 0 aliphatic heterocycles. The zero-order valence-corrected chi connectivity index (χ0v) is 13.4. The van der Waals surface area contributed by atoms with Crippen LogP contribution in [0.4, 0.5) is 5.69 Å². The fourth-order valence-electron chi connectivity index (χ4n) is 2.94. The molecule has 0 aliphatic rings. The molecule has 1 N–H and O–H groups in total. The number of nitrogens with one attached hydrogen (secondary N) is 1. The van der Waals surface area contributed by atoms with Gasteiger partial charge in [-0.05, 0) is 29.8 Å². The summed E-state index contributed by atoms with van der Waals surface area (Å²) in [6.07, 6.45) is 1.80. The third kappa shape index (κ3) is 2.61. The minimum atomic E-state index is 0.910. The van der Waals surface area contributed by atoms with Crippen LogP contribution in [0.25, 0.3) is 21.7 Å². The highest BCUT2D eigenvalue weighted by Gasteiger charge is 2.04. The van der Waals surface area contributed by atoms with Gasteiger partial charge in [-0.1, -0.05) is 60.7 Å². The first-order chi connectivity index (χ1) is 11.8. The lowest BCUT2D eigenvalue weighted by Crippen LogP contribution is -2.01. The SMILES string of the molecule is CC(=NNc1cccc2cccnc12)c1cccc2ccccc12. The molecule has 0 bridgehead atoms. The normalized spacial score (nSPS) is 11.8. The van der Waals surface area contributed by atoms with Crippen molar-refractivity contribution in [1.82, 2.24) is 4.98 Å². The van der Waals surface area contributed by atoms with Gasteiger partial charge in [0.1, 0.15) is 0 Å². The van der Waals surface area contributed by atoms with Gasteiger partial charge in [0.25, 0.3) is 0 Å². The first-order valence-electron chi connectivity index (χ1n) is 7.95. The molecule has 0 fully saturated rings. The number of para-hydroxylation sites is 1. The monoisotopic (exact) mass is 311 g/mol. The molecule has 0 unspecified atom stereocenters. The van der Waals surface area contributed by atoms with E-state index in [1.54, 1.807) is 6.20 Å². The Labute approximate surface area is 140 Å². The summed E-state index contributed by atoms with van der Waals surface area (Å²) in [6, 6.07) is 24.7. The van der Waals surface area contributed by atoms with Gasteiger partial charge in [0.15, 0.2) is 0 Å². The van der Waals surface area contributed by atoms with Gasteiger partial charge in [-0.15, -0.1) is 0 Å². The van der Waals surface area contributed by atoms with Gasteiger partial charge >= 0.3 is 0 Å². The van der Waals surface area contributed by atoms with E-state index in [4.69, 9.17) is 0 Å². The Hall–Kier alpha value is -3.20. The van der Waals surface area contributed by atoms with Crippen molar-refractivity contribution < 1.29 is 0 Å². The van der Waals surface area contributed by atoms with E-state index in [2.05, 4.69) is 70.1 Å². The third-order valence-corrected chi connectivity index (χ3v) is 4.16. The van der Waals surface area contributed by atoms with Gasteiger partial charge in [0.2, 0.25) is 0 Å². The van der Waals surface area contributed by atoms with Crippen LogP contribution in [0.15, 0.2) is 84.1 Å². The van der Waals surface area contributed by atoms with Crippen LogP contribution in [0.3, 0.4) is 0 Å². The van der Waals surface area contributed by atoms with Crippen molar-refractivity contribution in [3.05, 3.63) is 84.6 Å². The predicted octanol–water partition coefficient (Wildman–Crippen LogP) is 5.22. The molecule has 4 rings (SSSR count). The number of aromatic nitrogens is 1. The molecule has 0 aliphatic carbocycles. The molecule has 1 heterocycles. The predicted molar refractivity (Wildman–Crippen MR) is 102 cm³/mol. The lowest BCUT2D eigenvalue weighted by Gasteiger charge is -2.08. The number of hydrogen-bond donors (Lipinski definition) is 1. The quantitative estimate of drug-likeness (QED) is 0.416. The van der Waals surface area contributed by atoms with Crippen molar-refractivity contribution >= 4 is 33.1 Å². The van der Waals surface area contributed by atoms with Gasteiger partial charge in [0.05, 0.1) is 16.9 Å². The second kappa shape index (κ2) is 6.13. The van der Waals surface area contributed by atoms with E-state index in [1.165, 1.54) is 10.8 Å². The number of benzene rings is 3. The lowest BCUT2D eigenvalue weighted by atomic mass is 10.0. The van der Waals surface area contributed by atoms with Crippen LogP contribution < -0.4 is 5.43 Å². The maximum Gasteiger partial charge on any atom is 0.0951 e. The van der Waals surface area contributed by atoms with Gasteiger partial charge in [-0.25, -0.2) is 0 Å². The molecule has 0 saturated carbocycles. The molecule has 116 valence electrons. The number of pyridine rings is 1. The van der Waals surface area contributed by atoms with Crippen LogP contribution in [-0.4, -0.2) is 10.7 Å². The molecular weight excluding hydrogens is 294 g/mol. The Kier molecular flexibility index (Phi) is 3.67. The van der Waals surface area contributed by atoms with E-state index >= 15 is 0 Å². The van der Waals surface area contributed by atoms with Crippen LogP contribution in [0.5, 0.6) is 0 Å². The molecule has 0 spiro atoms. The van der Waals surface area contributed by atoms with Crippen LogP contribution in [0.1, 0.15) is 12.5 Å². The maximum absolute atomic E-state index is 4.59. The molecule has 24 heavy (non-hydrogen) atoms. The molecule has 3 heteroatoms. The van der Waals surface area contributed by atoms with E-state index in [0.29, 0.717) is 0 Å². The van der Waals surface area contributed by atoms with Crippen molar-refractivity contribution in [3.63, 3.8) is 0 Å². The minimum Gasteiger partial charge on any atom is -0.276 e. The third-order valence-electron chi connectivity index (χ3n) is 4.16. The molecule has 0 saturated heterocycles. The molecule has 3 nitrogen and oxygen atoms in total. The average molecular weight is 311 g/mol. The van der Waals surface area contributed by atoms with Gasteiger partial charge < -0.3 is 0 Å². The molecule has 4 aromatic rings. The van der Waals surface area contributed by atoms with Crippen molar-refractivity contribution in [2.75, 3.05) is 5.43 Å². The molecule has 0 atom stereocenters. The summed E-state index contributed by atoms with van der Waals surface area (Å²) < 4.78 is 0. The first-order valence-corrected chi connectivity index (χ1v) is 7.95. The Morgan fingerprint density at radius 3 is 2.54 bits per heavy atom. The van der Waals surface area contributed by atoms with E-state index in [1.807, 2.05) is 25.1 Å². The van der Waals surface area contributed by atoms with Crippen LogP contribution in [0, 0.1) is 0 Å². The number of fused-ring (bicyclic) bond motifs is 2. The number of anilines is 1. The van der Waals surface area contributed by atoms with Gasteiger partial charge in [-0.3, -0.25) is 10.4 Å². The summed E-state index contributed by atoms with van der Waals surface area (Å²) in [7, 11) is 0. The fourth-order valence-corrected chi connectivity index (χ4v) is 2.94. The van der Waals surface area contributed by atoms with Crippen molar-refractivity contribution in [1.29, 1.82) is 0 Å². The average Bonchev–Trinajstić information content (AvgIpc) is 2.65. The summed E-state index contributed by atoms with van der Waals surface area (Å²) in [4.78, 5) is 4.45. The first kappa shape index (κ1) is 14.4. The van der Waals surface area contributed by atoms with E-state index in [0.717, 1.165) is 27.9 Å². The number of nitrogens with zero attached hydrogens (tertiary/aromatic N) is 2. The Balaban J connectivity index is 1.72. The second-order valence-electron chi connectivity index (χ2n) is 5.72. The molecule has 0 radical (unpaired) electrons. The topological polar surface area (TPSA) is 37.3 Å². The van der Waals surface area contributed by atoms with Gasteiger partial charge in [-0.2, -0.15) is 5.10 Å². The molecule has 1 aromatic heterocycles.